The highest BCUT2D eigenvalue weighted by atomic mass is 19.1. The summed E-state index contributed by atoms with van der Waals surface area (Å²) in [5.74, 6) is 1.37. The summed E-state index contributed by atoms with van der Waals surface area (Å²) in [5.41, 5.74) is 8.44. The van der Waals surface area contributed by atoms with Gasteiger partial charge >= 0.3 is 0 Å². The predicted octanol–water partition coefficient (Wildman–Crippen LogP) is 3.64. The van der Waals surface area contributed by atoms with Gasteiger partial charge in [-0.1, -0.05) is 12.1 Å². The molecule has 0 saturated heterocycles. The molecular weight excluding hydrogens is 293 g/mol. The summed E-state index contributed by atoms with van der Waals surface area (Å²) in [6, 6.07) is 12.6. The molecule has 1 saturated carbocycles. The molecule has 0 aromatic heterocycles. The molecule has 1 aliphatic rings. The molecule has 3 N–H and O–H groups in total. The van der Waals surface area contributed by atoms with Crippen molar-refractivity contribution in [3.63, 3.8) is 0 Å². The van der Waals surface area contributed by atoms with Crippen LogP contribution < -0.4 is 15.8 Å². The number of ether oxygens (including phenoxy) is 1. The van der Waals surface area contributed by atoms with Crippen molar-refractivity contribution < 1.29 is 9.13 Å². The lowest BCUT2D eigenvalue weighted by Crippen LogP contribution is -2.22. The predicted molar refractivity (Wildman–Crippen MR) is 90.3 cm³/mol. The van der Waals surface area contributed by atoms with Crippen molar-refractivity contribution >= 4 is 11.6 Å². The molecule has 5 heteroatoms. The molecule has 4 nitrogen and oxygen atoms in total. The minimum atomic E-state index is -0.240. The summed E-state index contributed by atoms with van der Waals surface area (Å²) < 4.78 is 19.0. The second-order valence-electron chi connectivity index (χ2n) is 5.68. The second kappa shape index (κ2) is 6.69. The van der Waals surface area contributed by atoms with E-state index in [1.807, 2.05) is 36.4 Å². The van der Waals surface area contributed by atoms with Gasteiger partial charge in [-0.3, -0.25) is 0 Å². The van der Waals surface area contributed by atoms with Gasteiger partial charge < -0.3 is 15.8 Å². The van der Waals surface area contributed by atoms with Crippen LogP contribution in [0, 0.1) is 5.82 Å². The number of halogens is 1. The van der Waals surface area contributed by atoms with Crippen LogP contribution in [-0.4, -0.2) is 13.1 Å². The lowest BCUT2D eigenvalue weighted by atomic mass is 10.1. The van der Waals surface area contributed by atoms with Crippen molar-refractivity contribution in [2.75, 3.05) is 12.4 Å². The molecule has 1 fully saturated rings. The number of guanidine groups is 1. The molecule has 2 aromatic rings. The molecule has 0 spiro atoms. The number of methoxy groups -OCH3 is 1. The van der Waals surface area contributed by atoms with Gasteiger partial charge in [-0.05, 0) is 54.7 Å². The summed E-state index contributed by atoms with van der Waals surface area (Å²) in [6.07, 6.45) is 2.38. The lowest BCUT2D eigenvalue weighted by Gasteiger charge is -2.08. The molecular formula is C18H20FN3O. The number of benzene rings is 2. The van der Waals surface area contributed by atoms with Crippen molar-refractivity contribution in [1.29, 1.82) is 0 Å². The van der Waals surface area contributed by atoms with E-state index in [1.54, 1.807) is 7.11 Å². The third-order valence-corrected chi connectivity index (χ3v) is 3.90. The summed E-state index contributed by atoms with van der Waals surface area (Å²) >= 11 is 0. The topological polar surface area (TPSA) is 59.6 Å². The van der Waals surface area contributed by atoms with Gasteiger partial charge in [-0.25, -0.2) is 9.38 Å². The van der Waals surface area contributed by atoms with Crippen molar-refractivity contribution in [2.45, 2.75) is 25.3 Å². The molecule has 0 radical (unpaired) electrons. The van der Waals surface area contributed by atoms with E-state index in [0.29, 0.717) is 11.5 Å². The molecule has 0 bridgehead atoms. The molecule has 0 aliphatic heterocycles. The monoisotopic (exact) mass is 313 g/mol. The first-order valence-electron chi connectivity index (χ1n) is 7.65. The van der Waals surface area contributed by atoms with Crippen LogP contribution in [0.5, 0.6) is 5.75 Å². The van der Waals surface area contributed by atoms with Gasteiger partial charge in [0.1, 0.15) is 11.6 Å². The Morgan fingerprint density at radius 2 is 2.00 bits per heavy atom. The zero-order valence-corrected chi connectivity index (χ0v) is 13.1. The van der Waals surface area contributed by atoms with E-state index in [9.17, 15) is 4.39 Å². The normalized spacial score (nSPS) is 14.6. The van der Waals surface area contributed by atoms with Gasteiger partial charge in [0.05, 0.1) is 13.7 Å². The van der Waals surface area contributed by atoms with Crippen molar-refractivity contribution in [3.05, 3.63) is 59.4 Å². The molecule has 0 heterocycles. The molecule has 0 atom stereocenters. The highest BCUT2D eigenvalue weighted by molar-refractivity contribution is 5.92. The average Bonchev–Trinajstić information content (AvgIpc) is 3.40. The Kier molecular flexibility index (Phi) is 4.46. The summed E-state index contributed by atoms with van der Waals surface area (Å²) in [6.45, 7) is 0.224. The number of rotatable bonds is 5. The van der Waals surface area contributed by atoms with Gasteiger partial charge in [-0.15, -0.1) is 0 Å². The molecule has 1 aliphatic carbocycles. The molecule has 23 heavy (non-hydrogen) atoms. The Morgan fingerprint density at radius 1 is 1.26 bits per heavy atom. The standard InChI is InChI=1S/C18H20FN3O/c1-23-16-7-5-15(6-8-16)22-18(20)21-11-14-10-13(12-2-3-12)4-9-17(14)19/h4-10,12H,2-3,11H2,1H3,(H3,20,21,22). The van der Waals surface area contributed by atoms with E-state index in [-0.39, 0.29) is 18.3 Å². The number of nitrogens with two attached hydrogens (primary N) is 1. The summed E-state index contributed by atoms with van der Waals surface area (Å²) in [4.78, 5) is 4.23. The number of nitrogens with zero attached hydrogens (tertiary/aromatic N) is 1. The lowest BCUT2D eigenvalue weighted by molar-refractivity contribution is 0.415. The second-order valence-corrected chi connectivity index (χ2v) is 5.68. The maximum Gasteiger partial charge on any atom is 0.193 e. The third-order valence-electron chi connectivity index (χ3n) is 3.90. The SMILES string of the molecule is COc1ccc(NC(N)=NCc2cc(C3CC3)ccc2F)cc1. The highest BCUT2D eigenvalue weighted by Crippen LogP contribution is 2.40. The first-order valence-corrected chi connectivity index (χ1v) is 7.65. The van der Waals surface area contributed by atoms with E-state index in [2.05, 4.69) is 10.3 Å². The zero-order chi connectivity index (χ0) is 16.2. The van der Waals surface area contributed by atoms with Crippen molar-refractivity contribution in [3.8, 4) is 5.75 Å². The van der Waals surface area contributed by atoms with E-state index in [1.165, 1.54) is 24.5 Å². The Bertz CT molecular complexity index is 709. The first-order chi connectivity index (χ1) is 11.2. The number of aliphatic imine (C=N–C) groups is 1. The van der Waals surface area contributed by atoms with E-state index >= 15 is 0 Å². The fraction of sp³-hybridized carbons (Fsp3) is 0.278. The van der Waals surface area contributed by atoms with E-state index in [0.717, 1.165) is 11.4 Å². The first kappa shape index (κ1) is 15.3. The van der Waals surface area contributed by atoms with Gasteiger partial charge in [0.15, 0.2) is 5.96 Å². The number of nitrogens with one attached hydrogen (secondary N) is 1. The van der Waals surface area contributed by atoms with Crippen LogP contribution in [0.2, 0.25) is 0 Å². The Hall–Kier alpha value is -2.56. The smallest absolute Gasteiger partial charge is 0.193 e. The minimum absolute atomic E-state index is 0.224. The average molecular weight is 313 g/mol. The van der Waals surface area contributed by atoms with Crippen LogP contribution in [0.25, 0.3) is 0 Å². The maximum absolute atomic E-state index is 13.9. The molecule has 0 unspecified atom stereocenters. The van der Waals surface area contributed by atoms with Crippen LogP contribution in [0.3, 0.4) is 0 Å². The van der Waals surface area contributed by atoms with Crippen LogP contribution in [0.4, 0.5) is 10.1 Å². The number of hydrogen-bond acceptors (Lipinski definition) is 2. The largest absolute Gasteiger partial charge is 0.497 e. The van der Waals surface area contributed by atoms with Crippen LogP contribution in [0.1, 0.15) is 29.9 Å². The fourth-order valence-electron chi connectivity index (χ4n) is 2.42. The van der Waals surface area contributed by atoms with Gasteiger partial charge in [-0.2, -0.15) is 0 Å². The number of hydrogen-bond donors (Lipinski definition) is 2. The Morgan fingerprint density at radius 3 is 2.65 bits per heavy atom. The molecule has 2 aromatic carbocycles. The quantitative estimate of drug-likeness (QED) is 0.654. The molecule has 3 rings (SSSR count). The Labute approximate surface area is 135 Å². The Balaban J connectivity index is 1.65. The molecule has 0 amide bonds. The zero-order valence-electron chi connectivity index (χ0n) is 13.1. The van der Waals surface area contributed by atoms with E-state index < -0.39 is 0 Å². The van der Waals surface area contributed by atoms with Gasteiger partial charge in [0, 0.05) is 11.3 Å². The van der Waals surface area contributed by atoms with Gasteiger partial charge in [0.25, 0.3) is 0 Å². The van der Waals surface area contributed by atoms with Crippen LogP contribution in [-0.2, 0) is 6.54 Å². The maximum atomic E-state index is 13.9. The summed E-state index contributed by atoms with van der Waals surface area (Å²) in [7, 11) is 1.61. The third kappa shape index (κ3) is 4.00. The van der Waals surface area contributed by atoms with E-state index in [4.69, 9.17) is 10.5 Å². The van der Waals surface area contributed by atoms with Crippen molar-refractivity contribution in [2.24, 2.45) is 10.7 Å². The van der Waals surface area contributed by atoms with Gasteiger partial charge in [0.2, 0.25) is 0 Å². The highest BCUT2D eigenvalue weighted by Gasteiger charge is 2.24. The minimum Gasteiger partial charge on any atom is -0.497 e. The summed E-state index contributed by atoms with van der Waals surface area (Å²) in [5, 5.41) is 2.98. The number of anilines is 1. The molecule has 120 valence electrons. The van der Waals surface area contributed by atoms with Crippen LogP contribution in [0.15, 0.2) is 47.5 Å². The van der Waals surface area contributed by atoms with Crippen LogP contribution >= 0.6 is 0 Å². The fourth-order valence-corrected chi connectivity index (χ4v) is 2.42. The van der Waals surface area contributed by atoms with Crippen molar-refractivity contribution in [1.82, 2.24) is 0 Å².